The van der Waals surface area contributed by atoms with E-state index in [9.17, 15) is 0 Å². The van der Waals surface area contributed by atoms with E-state index in [1.807, 2.05) is 0 Å². The largest absolute Gasteiger partial charge is 0.309 e. The first-order valence-corrected chi connectivity index (χ1v) is 20.1. The summed E-state index contributed by atoms with van der Waals surface area (Å²) in [6.07, 6.45) is 0. The van der Waals surface area contributed by atoms with Crippen LogP contribution in [-0.4, -0.2) is 9.13 Å². The summed E-state index contributed by atoms with van der Waals surface area (Å²) in [4.78, 5) is 0. The van der Waals surface area contributed by atoms with E-state index in [1.54, 1.807) is 0 Å². The van der Waals surface area contributed by atoms with E-state index < -0.39 is 0 Å². The Balaban J connectivity index is 1.01. The first kappa shape index (κ1) is 31.5. The zero-order chi connectivity index (χ0) is 37.9. The number of nitrogens with zero attached hydrogens (tertiary/aromatic N) is 2. The molecule has 1 aliphatic rings. The SMILES string of the molecule is c1ccc(-n2c3ccccc3c3cc(-c4ccc5c(c4)c4c6ccccc6ccc4n5-c4cccc(-c5cc6c7c(cccc7c5)-c5ccccc5-6)c4)ccc32)cc1. The van der Waals surface area contributed by atoms with Gasteiger partial charge in [0.2, 0.25) is 0 Å². The van der Waals surface area contributed by atoms with Crippen molar-refractivity contribution < 1.29 is 0 Å². The monoisotopic (exact) mass is 734 g/mol. The number of hydrogen-bond acceptors (Lipinski definition) is 0. The molecule has 58 heavy (non-hydrogen) atoms. The molecule has 0 unspecified atom stereocenters. The Hall–Kier alpha value is -7.68. The summed E-state index contributed by atoms with van der Waals surface area (Å²) < 4.78 is 4.85. The molecule has 13 rings (SSSR count). The summed E-state index contributed by atoms with van der Waals surface area (Å²) >= 11 is 0. The van der Waals surface area contributed by atoms with Gasteiger partial charge in [-0.3, -0.25) is 0 Å². The standard InChI is InChI=1S/C56H34N2/c1-2-15-41(16-3-1)57-51-23-9-8-21-46(51)48-32-37(25-27-52(48)57)38-26-28-53-50(33-38)56-43-18-5-4-12-35(43)24-29-54(56)58(53)42-17-10-13-36(31-42)40-30-39-14-11-22-47-44-19-6-7-20-45(44)49(34-40)55(39)47/h1-34H. The molecule has 0 bridgehead atoms. The van der Waals surface area contributed by atoms with Crippen molar-refractivity contribution in [3.05, 3.63) is 206 Å². The van der Waals surface area contributed by atoms with Crippen molar-refractivity contribution >= 4 is 65.2 Å². The maximum atomic E-state index is 2.47. The van der Waals surface area contributed by atoms with Crippen LogP contribution in [0.25, 0.3) is 121 Å². The third kappa shape index (κ3) is 4.43. The maximum Gasteiger partial charge on any atom is 0.0547 e. The van der Waals surface area contributed by atoms with Crippen LogP contribution in [0.1, 0.15) is 0 Å². The summed E-state index contributed by atoms with van der Waals surface area (Å²) in [6.45, 7) is 0. The predicted molar refractivity (Wildman–Crippen MR) is 245 cm³/mol. The van der Waals surface area contributed by atoms with Crippen molar-refractivity contribution in [1.29, 1.82) is 0 Å². The zero-order valence-electron chi connectivity index (χ0n) is 31.5. The average molecular weight is 735 g/mol. The van der Waals surface area contributed by atoms with Crippen LogP contribution in [0.15, 0.2) is 206 Å². The normalized spacial score (nSPS) is 12.1. The van der Waals surface area contributed by atoms with Gasteiger partial charge in [-0.2, -0.15) is 0 Å². The molecule has 0 atom stereocenters. The highest BCUT2D eigenvalue weighted by atomic mass is 15.0. The van der Waals surface area contributed by atoms with Crippen molar-refractivity contribution in [2.75, 3.05) is 0 Å². The second kappa shape index (κ2) is 11.9. The highest BCUT2D eigenvalue weighted by Crippen LogP contribution is 2.49. The molecular formula is C56H34N2. The van der Waals surface area contributed by atoms with Crippen LogP contribution in [0.5, 0.6) is 0 Å². The van der Waals surface area contributed by atoms with E-state index in [4.69, 9.17) is 0 Å². The van der Waals surface area contributed by atoms with E-state index in [-0.39, 0.29) is 0 Å². The molecule has 0 saturated heterocycles. The number of aromatic nitrogens is 2. The Labute approximate surface area is 335 Å². The summed E-state index contributed by atoms with van der Waals surface area (Å²) in [6, 6.07) is 76.3. The zero-order valence-corrected chi connectivity index (χ0v) is 31.5. The van der Waals surface area contributed by atoms with E-state index in [0.717, 1.165) is 5.69 Å². The minimum Gasteiger partial charge on any atom is -0.309 e. The van der Waals surface area contributed by atoms with Gasteiger partial charge in [-0.25, -0.2) is 0 Å². The number of para-hydroxylation sites is 2. The minimum absolute atomic E-state index is 1.15. The topological polar surface area (TPSA) is 9.86 Å². The fraction of sp³-hybridized carbons (Fsp3) is 0. The van der Waals surface area contributed by atoms with E-state index in [1.165, 1.54) is 115 Å². The molecule has 0 radical (unpaired) electrons. The lowest BCUT2D eigenvalue weighted by Gasteiger charge is -2.12. The number of hydrogen-bond donors (Lipinski definition) is 0. The molecular weight excluding hydrogens is 701 g/mol. The van der Waals surface area contributed by atoms with Crippen LogP contribution >= 0.6 is 0 Å². The highest BCUT2D eigenvalue weighted by Gasteiger charge is 2.22. The molecule has 2 heterocycles. The first-order chi connectivity index (χ1) is 28.8. The van der Waals surface area contributed by atoms with Gasteiger partial charge in [0.1, 0.15) is 0 Å². The van der Waals surface area contributed by atoms with Gasteiger partial charge in [0.05, 0.1) is 22.1 Å². The van der Waals surface area contributed by atoms with Crippen LogP contribution in [0, 0.1) is 0 Å². The van der Waals surface area contributed by atoms with Gasteiger partial charge >= 0.3 is 0 Å². The molecule has 2 aromatic heterocycles. The molecule has 0 saturated carbocycles. The maximum absolute atomic E-state index is 2.47. The average Bonchev–Trinajstić information content (AvgIpc) is 3.93. The number of benzene rings is 10. The van der Waals surface area contributed by atoms with Crippen LogP contribution in [0.3, 0.4) is 0 Å². The fourth-order valence-electron chi connectivity index (χ4n) is 10.1. The van der Waals surface area contributed by atoms with Crippen molar-refractivity contribution in [1.82, 2.24) is 9.13 Å². The van der Waals surface area contributed by atoms with Crippen LogP contribution in [0.4, 0.5) is 0 Å². The summed E-state index contributed by atoms with van der Waals surface area (Å²) in [7, 11) is 0. The molecule has 2 nitrogen and oxygen atoms in total. The van der Waals surface area contributed by atoms with Gasteiger partial charge in [-0.1, -0.05) is 133 Å². The van der Waals surface area contributed by atoms with Gasteiger partial charge in [0, 0.05) is 32.9 Å². The third-order valence-corrected chi connectivity index (χ3v) is 12.6. The molecule has 0 N–H and O–H groups in total. The molecule has 0 amide bonds. The van der Waals surface area contributed by atoms with Gasteiger partial charge in [0.15, 0.2) is 0 Å². The van der Waals surface area contributed by atoms with Crippen molar-refractivity contribution in [3.8, 4) is 55.9 Å². The lowest BCUT2D eigenvalue weighted by atomic mass is 9.96. The number of fused-ring (bicyclic) bond motifs is 11. The van der Waals surface area contributed by atoms with Gasteiger partial charge < -0.3 is 9.13 Å². The molecule has 2 heteroatoms. The van der Waals surface area contributed by atoms with E-state index >= 15 is 0 Å². The van der Waals surface area contributed by atoms with Gasteiger partial charge in [0.25, 0.3) is 0 Å². The lowest BCUT2D eigenvalue weighted by Crippen LogP contribution is -1.94. The smallest absolute Gasteiger partial charge is 0.0547 e. The first-order valence-electron chi connectivity index (χ1n) is 20.1. The molecule has 0 aliphatic heterocycles. The quantitative estimate of drug-likeness (QED) is 0.170. The second-order valence-corrected chi connectivity index (χ2v) is 15.7. The van der Waals surface area contributed by atoms with Crippen LogP contribution in [0.2, 0.25) is 0 Å². The molecule has 268 valence electrons. The Morgan fingerprint density at radius 3 is 1.69 bits per heavy atom. The second-order valence-electron chi connectivity index (χ2n) is 15.7. The van der Waals surface area contributed by atoms with Crippen molar-refractivity contribution in [2.45, 2.75) is 0 Å². The molecule has 1 aliphatic carbocycles. The fourth-order valence-corrected chi connectivity index (χ4v) is 10.1. The van der Waals surface area contributed by atoms with Crippen molar-refractivity contribution in [2.24, 2.45) is 0 Å². The lowest BCUT2D eigenvalue weighted by molar-refractivity contribution is 1.18. The van der Waals surface area contributed by atoms with Gasteiger partial charge in [-0.15, -0.1) is 0 Å². The Morgan fingerprint density at radius 2 is 0.828 bits per heavy atom. The van der Waals surface area contributed by atoms with Gasteiger partial charge in [-0.05, 0) is 139 Å². The van der Waals surface area contributed by atoms with E-state index in [2.05, 4.69) is 215 Å². The highest BCUT2D eigenvalue weighted by molar-refractivity contribution is 6.22. The third-order valence-electron chi connectivity index (χ3n) is 12.6. The molecule has 0 spiro atoms. The summed E-state index contributed by atoms with van der Waals surface area (Å²) in [5.74, 6) is 0. The molecule has 10 aromatic carbocycles. The molecule has 0 fully saturated rings. The summed E-state index contributed by atoms with van der Waals surface area (Å²) in [5.41, 5.74) is 17.3. The van der Waals surface area contributed by atoms with Crippen LogP contribution < -0.4 is 0 Å². The van der Waals surface area contributed by atoms with Crippen LogP contribution in [-0.2, 0) is 0 Å². The van der Waals surface area contributed by atoms with Crippen molar-refractivity contribution in [3.63, 3.8) is 0 Å². The van der Waals surface area contributed by atoms with E-state index in [0.29, 0.717) is 0 Å². The molecule has 12 aromatic rings. The predicted octanol–water partition coefficient (Wildman–Crippen LogP) is 15.2. The number of rotatable bonds is 4. The Bertz CT molecular complexity index is 3670. The Kier molecular flexibility index (Phi) is 6.47. The minimum atomic E-state index is 1.15. The summed E-state index contributed by atoms with van der Waals surface area (Å²) in [5, 5.41) is 10.2. The Morgan fingerprint density at radius 1 is 0.241 bits per heavy atom.